The zero-order chi connectivity index (χ0) is 19.3. The maximum Gasteiger partial charge on any atom is 0.289 e. The van der Waals surface area contributed by atoms with Gasteiger partial charge in [-0.2, -0.15) is 0 Å². The van der Waals surface area contributed by atoms with Crippen LogP contribution < -0.4 is 15.4 Å². The predicted octanol–water partition coefficient (Wildman–Crippen LogP) is 4.54. The van der Waals surface area contributed by atoms with Crippen molar-refractivity contribution in [3.8, 4) is 5.75 Å². The molecule has 2 N–H and O–H groups in total. The number of nitrogens with zero attached hydrogens (tertiary/aromatic N) is 1. The van der Waals surface area contributed by atoms with Gasteiger partial charge in [-0.3, -0.25) is 20.2 Å². The molecule has 1 amide bonds. The van der Waals surface area contributed by atoms with Gasteiger partial charge in [0, 0.05) is 16.2 Å². The highest BCUT2D eigenvalue weighted by Crippen LogP contribution is 2.27. The second kappa shape index (κ2) is 8.93. The predicted molar refractivity (Wildman–Crippen MR) is 107 cm³/mol. The minimum Gasteiger partial charge on any atom is -0.493 e. The summed E-state index contributed by atoms with van der Waals surface area (Å²) in [7, 11) is 0. The smallest absolute Gasteiger partial charge is 0.289 e. The molecular weight excluding hydrogens is 446 g/mol. The molecule has 0 fully saturated rings. The third-order valence-electron chi connectivity index (χ3n) is 3.11. The monoisotopic (exact) mass is 457 g/mol. The fourth-order valence-corrected chi connectivity index (χ4v) is 2.78. The molecule has 0 aliphatic carbocycles. The molecule has 0 bridgehead atoms. The lowest BCUT2D eigenvalue weighted by molar-refractivity contribution is -0.384. The summed E-state index contributed by atoms with van der Waals surface area (Å²) in [6.07, 6.45) is 0. The van der Waals surface area contributed by atoms with Gasteiger partial charge in [0.2, 0.25) is 0 Å². The number of halogens is 2. The topological polar surface area (TPSA) is 93.5 Å². The van der Waals surface area contributed by atoms with Crippen LogP contribution in [0.25, 0.3) is 0 Å². The molecular formula is C16H13BrClN3O4S. The first-order valence-electron chi connectivity index (χ1n) is 7.30. The highest BCUT2D eigenvalue weighted by molar-refractivity contribution is 9.10. The van der Waals surface area contributed by atoms with E-state index in [1.807, 2.05) is 6.92 Å². The molecule has 0 aliphatic heterocycles. The van der Waals surface area contributed by atoms with Gasteiger partial charge in [-0.1, -0.05) is 27.5 Å². The Morgan fingerprint density at radius 3 is 2.73 bits per heavy atom. The number of hydrogen-bond acceptors (Lipinski definition) is 5. The van der Waals surface area contributed by atoms with Gasteiger partial charge in [-0.15, -0.1) is 0 Å². The van der Waals surface area contributed by atoms with E-state index in [0.29, 0.717) is 28.1 Å². The largest absolute Gasteiger partial charge is 0.493 e. The number of rotatable bonds is 5. The van der Waals surface area contributed by atoms with Gasteiger partial charge in [-0.05, 0) is 49.5 Å². The second-order valence-electron chi connectivity index (χ2n) is 4.91. The Balaban J connectivity index is 2.13. The van der Waals surface area contributed by atoms with Gasteiger partial charge in [-0.25, -0.2) is 0 Å². The first-order chi connectivity index (χ1) is 12.3. The maximum absolute atomic E-state index is 12.5. The summed E-state index contributed by atoms with van der Waals surface area (Å²) in [4.78, 5) is 22.8. The Kier molecular flexibility index (Phi) is 6.90. The lowest BCUT2D eigenvalue weighted by Gasteiger charge is -2.13. The molecule has 0 saturated carbocycles. The van der Waals surface area contributed by atoms with Gasteiger partial charge in [0.15, 0.2) is 5.11 Å². The first kappa shape index (κ1) is 20.1. The van der Waals surface area contributed by atoms with Crippen LogP contribution in [0.2, 0.25) is 5.02 Å². The van der Waals surface area contributed by atoms with Gasteiger partial charge in [0.1, 0.15) is 10.8 Å². The molecule has 0 heterocycles. The molecule has 0 unspecified atom stereocenters. The number of benzene rings is 2. The Bertz CT molecular complexity index is 879. The summed E-state index contributed by atoms with van der Waals surface area (Å²) in [6.45, 7) is 2.21. The van der Waals surface area contributed by atoms with E-state index < -0.39 is 10.8 Å². The van der Waals surface area contributed by atoms with Gasteiger partial charge in [0.25, 0.3) is 11.6 Å². The van der Waals surface area contributed by atoms with Crippen molar-refractivity contribution in [2.75, 3.05) is 11.9 Å². The van der Waals surface area contributed by atoms with Crippen LogP contribution >= 0.6 is 39.7 Å². The standard InChI is InChI=1S/C16H13BrClN3O4S/c1-2-25-14-6-3-9(17)7-11(14)15(22)20-16(26)19-10-4-5-12(18)13(8-10)21(23)24/h3-8H,2H2,1H3,(H2,19,20,22,26). The van der Waals surface area contributed by atoms with Gasteiger partial charge < -0.3 is 10.1 Å². The van der Waals surface area contributed by atoms with Crippen molar-refractivity contribution in [2.45, 2.75) is 6.92 Å². The number of carbonyl (C=O) groups excluding carboxylic acids is 1. The molecule has 0 aliphatic rings. The van der Waals surface area contributed by atoms with Crippen molar-refractivity contribution < 1.29 is 14.5 Å². The number of hydrogen-bond donors (Lipinski definition) is 2. The molecule has 2 aromatic rings. The molecule has 0 spiro atoms. The number of nitro benzene ring substituents is 1. The number of ether oxygens (including phenoxy) is 1. The molecule has 136 valence electrons. The van der Waals surface area contributed by atoms with E-state index in [1.54, 1.807) is 18.2 Å². The normalized spacial score (nSPS) is 10.1. The minimum absolute atomic E-state index is 0.00555. The van der Waals surface area contributed by atoms with E-state index in [4.69, 9.17) is 28.6 Å². The first-order valence-corrected chi connectivity index (χ1v) is 8.88. The quantitative estimate of drug-likeness (QED) is 0.388. The molecule has 2 rings (SSSR count). The summed E-state index contributed by atoms with van der Waals surface area (Å²) in [5.41, 5.74) is 0.356. The molecule has 0 saturated heterocycles. The summed E-state index contributed by atoms with van der Waals surface area (Å²) in [5, 5.41) is 16.1. The summed E-state index contributed by atoms with van der Waals surface area (Å²) in [6, 6.07) is 9.14. The van der Waals surface area contributed by atoms with Crippen LogP contribution in [-0.4, -0.2) is 22.5 Å². The second-order valence-corrected chi connectivity index (χ2v) is 6.64. The maximum atomic E-state index is 12.5. The Morgan fingerprint density at radius 1 is 1.35 bits per heavy atom. The number of nitrogens with one attached hydrogen (secondary N) is 2. The third kappa shape index (κ3) is 5.13. The van der Waals surface area contributed by atoms with Crippen molar-refractivity contribution >= 4 is 62.1 Å². The van der Waals surface area contributed by atoms with E-state index in [0.717, 1.165) is 0 Å². The number of carbonyl (C=O) groups is 1. The van der Waals surface area contributed by atoms with Crippen molar-refractivity contribution in [1.29, 1.82) is 0 Å². The van der Waals surface area contributed by atoms with Crippen LogP contribution in [-0.2, 0) is 0 Å². The Hall–Kier alpha value is -2.23. The zero-order valence-electron chi connectivity index (χ0n) is 13.4. The average molecular weight is 459 g/mol. The average Bonchev–Trinajstić information content (AvgIpc) is 2.58. The van der Waals surface area contributed by atoms with Crippen LogP contribution in [0.3, 0.4) is 0 Å². The van der Waals surface area contributed by atoms with Crippen molar-refractivity contribution in [3.05, 3.63) is 61.6 Å². The van der Waals surface area contributed by atoms with E-state index in [-0.39, 0.29) is 15.8 Å². The number of thiocarbonyl (C=S) groups is 1. The summed E-state index contributed by atoms with van der Waals surface area (Å²) < 4.78 is 6.14. The number of anilines is 1. The van der Waals surface area contributed by atoms with Crippen LogP contribution in [0.5, 0.6) is 5.75 Å². The van der Waals surface area contributed by atoms with E-state index in [9.17, 15) is 14.9 Å². The summed E-state index contributed by atoms with van der Waals surface area (Å²) >= 11 is 14.2. The molecule has 2 aromatic carbocycles. The van der Waals surface area contributed by atoms with Gasteiger partial charge >= 0.3 is 0 Å². The Labute approximate surface area is 168 Å². The third-order valence-corrected chi connectivity index (χ3v) is 4.13. The van der Waals surface area contributed by atoms with E-state index in [1.165, 1.54) is 18.2 Å². The number of amides is 1. The van der Waals surface area contributed by atoms with Crippen molar-refractivity contribution in [3.63, 3.8) is 0 Å². The lowest BCUT2D eigenvalue weighted by Crippen LogP contribution is -2.34. The minimum atomic E-state index is -0.606. The van der Waals surface area contributed by atoms with Crippen LogP contribution in [0.1, 0.15) is 17.3 Å². The van der Waals surface area contributed by atoms with Crippen LogP contribution in [0.15, 0.2) is 40.9 Å². The van der Waals surface area contributed by atoms with E-state index >= 15 is 0 Å². The van der Waals surface area contributed by atoms with Gasteiger partial charge in [0.05, 0.1) is 17.1 Å². The Morgan fingerprint density at radius 2 is 2.08 bits per heavy atom. The fraction of sp³-hybridized carbons (Fsp3) is 0.125. The van der Waals surface area contributed by atoms with E-state index in [2.05, 4.69) is 26.6 Å². The van der Waals surface area contributed by atoms with Crippen molar-refractivity contribution in [1.82, 2.24) is 5.32 Å². The zero-order valence-corrected chi connectivity index (χ0v) is 16.6. The molecule has 0 aromatic heterocycles. The molecule has 0 radical (unpaired) electrons. The fourth-order valence-electron chi connectivity index (χ4n) is 2.02. The highest BCUT2D eigenvalue weighted by atomic mass is 79.9. The van der Waals surface area contributed by atoms with Crippen LogP contribution in [0, 0.1) is 10.1 Å². The van der Waals surface area contributed by atoms with Crippen molar-refractivity contribution in [2.24, 2.45) is 0 Å². The summed E-state index contributed by atoms with van der Waals surface area (Å²) in [5.74, 6) is -0.0613. The molecule has 7 nitrogen and oxygen atoms in total. The van der Waals surface area contributed by atoms with Crippen LogP contribution in [0.4, 0.5) is 11.4 Å². The molecule has 26 heavy (non-hydrogen) atoms. The molecule has 10 heteroatoms. The lowest BCUT2D eigenvalue weighted by atomic mass is 10.2. The highest BCUT2D eigenvalue weighted by Gasteiger charge is 2.16. The SMILES string of the molecule is CCOc1ccc(Br)cc1C(=O)NC(=S)Nc1ccc(Cl)c([N+](=O)[O-])c1. The molecule has 0 atom stereocenters. The number of nitro groups is 1.